The number of hydrogen-bond acceptors (Lipinski definition) is 3. The molecule has 0 saturated heterocycles. The zero-order valence-corrected chi connectivity index (χ0v) is 15.7. The van der Waals surface area contributed by atoms with Crippen LogP contribution in [0.25, 0.3) is 6.08 Å². The van der Waals surface area contributed by atoms with Gasteiger partial charge in [0, 0.05) is 5.56 Å². The number of rotatable bonds is 4. The van der Waals surface area contributed by atoms with Crippen molar-refractivity contribution >= 4 is 11.8 Å². The van der Waals surface area contributed by atoms with Crippen molar-refractivity contribution in [1.29, 1.82) is 0 Å². The van der Waals surface area contributed by atoms with Crippen molar-refractivity contribution in [2.75, 3.05) is 0 Å². The van der Waals surface area contributed by atoms with E-state index in [1.807, 2.05) is 97.9 Å². The lowest BCUT2D eigenvalue weighted by Gasteiger charge is -2.34. The average Bonchev–Trinajstić information content (AvgIpc) is 2.76. The first-order valence-electron chi connectivity index (χ1n) is 9.47. The Labute approximate surface area is 165 Å². The first-order valence-corrected chi connectivity index (χ1v) is 9.47. The molecule has 3 aromatic rings. The molecule has 1 unspecified atom stereocenters. The molecule has 0 aliphatic heterocycles. The van der Waals surface area contributed by atoms with Gasteiger partial charge in [-0.1, -0.05) is 91.0 Å². The van der Waals surface area contributed by atoms with Gasteiger partial charge in [0.2, 0.25) is 0 Å². The summed E-state index contributed by atoms with van der Waals surface area (Å²) in [5.74, 6) is 0. The summed E-state index contributed by atoms with van der Waals surface area (Å²) in [5, 5.41) is 22.5. The second kappa shape index (κ2) is 7.55. The van der Waals surface area contributed by atoms with Crippen LogP contribution in [-0.4, -0.2) is 28.1 Å². The van der Waals surface area contributed by atoms with Crippen molar-refractivity contribution in [2.45, 2.75) is 24.7 Å². The quantitative estimate of drug-likeness (QED) is 0.725. The van der Waals surface area contributed by atoms with Gasteiger partial charge in [-0.25, -0.2) is 0 Å². The monoisotopic (exact) mass is 369 g/mol. The maximum Gasteiger partial charge on any atom is 0.137 e. The van der Waals surface area contributed by atoms with Crippen LogP contribution in [0, 0.1) is 0 Å². The Morgan fingerprint density at radius 2 is 1.36 bits per heavy atom. The first kappa shape index (κ1) is 18.4. The second-order valence-corrected chi connectivity index (χ2v) is 7.08. The molecule has 0 aromatic heterocycles. The van der Waals surface area contributed by atoms with Crippen molar-refractivity contribution in [3.05, 3.63) is 113 Å². The highest BCUT2D eigenvalue weighted by Crippen LogP contribution is 2.35. The Hall–Kier alpha value is -3.01. The molecular weight excluding hydrogens is 346 g/mol. The number of nitrogens with zero attached hydrogens (tertiary/aromatic N) is 1. The molecule has 2 atom stereocenters. The van der Waals surface area contributed by atoms with Gasteiger partial charge in [0.1, 0.15) is 11.7 Å². The summed E-state index contributed by atoms with van der Waals surface area (Å²) >= 11 is 0. The van der Waals surface area contributed by atoms with Gasteiger partial charge >= 0.3 is 0 Å². The highest BCUT2D eigenvalue weighted by atomic mass is 16.3. The molecule has 140 valence electrons. The molecule has 0 radical (unpaired) electrons. The van der Waals surface area contributed by atoms with Crippen molar-refractivity contribution in [2.24, 2.45) is 4.99 Å². The fraction of sp³-hybridized carbons (Fsp3) is 0.160. The smallest absolute Gasteiger partial charge is 0.137 e. The predicted octanol–water partition coefficient (Wildman–Crippen LogP) is 4.19. The van der Waals surface area contributed by atoms with E-state index in [1.54, 1.807) is 6.08 Å². The Bertz CT molecular complexity index is 969. The molecule has 2 N–H and O–H groups in total. The Morgan fingerprint density at radius 3 is 1.96 bits per heavy atom. The largest absolute Gasteiger partial charge is 0.383 e. The summed E-state index contributed by atoms with van der Waals surface area (Å²) in [7, 11) is 0. The highest BCUT2D eigenvalue weighted by molar-refractivity contribution is 6.09. The lowest BCUT2D eigenvalue weighted by molar-refractivity contribution is 0.0584. The maximum atomic E-state index is 11.9. The molecule has 1 aliphatic carbocycles. The summed E-state index contributed by atoms with van der Waals surface area (Å²) in [5.41, 5.74) is 2.72. The van der Waals surface area contributed by atoms with Crippen molar-refractivity contribution in [3.8, 4) is 0 Å². The standard InChI is InChI=1S/C25H23NO2/c1-18(26-24-22-15-9-8-10-19(22)16-17-23(24)27)25(28,20-11-4-2-5-12-20)21-13-6-3-7-14-21/h2-18,23,27-28H,1H3/t18-,23?/m1/s1. The van der Waals surface area contributed by atoms with E-state index in [2.05, 4.69) is 0 Å². The van der Waals surface area contributed by atoms with Crippen LogP contribution in [0.3, 0.4) is 0 Å². The predicted molar refractivity (Wildman–Crippen MR) is 113 cm³/mol. The zero-order valence-electron chi connectivity index (χ0n) is 15.7. The molecule has 0 amide bonds. The van der Waals surface area contributed by atoms with Gasteiger partial charge in [-0.3, -0.25) is 4.99 Å². The van der Waals surface area contributed by atoms with E-state index in [0.717, 1.165) is 22.3 Å². The summed E-state index contributed by atoms with van der Waals surface area (Å²) in [6.45, 7) is 1.89. The van der Waals surface area contributed by atoms with Crippen LogP contribution in [0.1, 0.15) is 29.2 Å². The molecule has 28 heavy (non-hydrogen) atoms. The molecule has 0 spiro atoms. The van der Waals surface area contributed by atoms with Crippen LogP contribution < -0.4 is 0 Å². The topological polar surface area (TPSA) is 52.8 Å². The van der Waals surface area contributed by atoms with Gasteiger partial charge in [-0.05, 0) is 29.7 Å². The summed E-state index contributed by atoms with van der Waals surface area (Å²) in [4.78, 5) is 4.85. The van der Waals surface area contributed by atoms with Gasteiger partial charge in [0.15, 0.2) is 0 Å². The number of benzene rings is 3. The van der Waals surface area contributed by atoms with Crippen molar-refractivity contribution < 1.29 is 10.2 Å². The number of aliphatic hydroxyl groups is 2. The van der Waals surface area contributed by atoms with Gasteiger partial charge in [-0.15, -0.1) is 0 Å². The molecule has 0 fully saturated rings. The van der Waals surface area contributed by atoms with E-state index >= 15 is 0 Å². The minimum atomic E-state index is -1.31. The molecule has 0 bridgehead atoms. The number of aliphatic hydroxyl groups excluding tert-OH is 1. The van der Waals surface area contributed by atoms with E-state index in [1.165, 1.54) is 0 Å². The number of fused-ring (bicyclic) bond motifs is 1. The molecule has 3 aromatic carbocycles. The fourth-order valence-electron chi connectivity index (χ4n) is 3.80. The number of hydrogen-bond donors (Lipinski definition) is 2. The van der Waals surface area contributed by atoms with Crippen LogP contribution in [0.2, 0.25) is 0 Å². The summed E-state index contributed by atoms with van der Waals surface area (Å²) in [6, 6.07) is 26.5. The van der Waals surface area contributed by atoms with Crippen LogP contribution in [0.5, 0.6) is 0 Å². The summed E-state index contributed by atoms with van der Waals surface area (Å²) < 4.78 is 0. The Balaban J connectivity index is 1.84. The molecule has 3 nitrogen and oxygen atoms in total. The first-order chi connectivity index (χ1) is 13.6. The van der Waals surface area contributed by atoms with Gasteiger partial charge in [-0.2, -0.15) is 0 Å². The van der Waals surface area contributed by atoms with Gasteiger partial charge < -0.3 is 10.2 Å². The van der Waals surface area contributed by atoms with Gasteiger partial charge in [0.25, 0.3) is 0 Å². The lowest BCUT2D eigenvalue weighted by atomic mass is 9.80. The molecule has 0 heterocycles. The van der Waals surface area contributed by atoms with Crippen LogP contribution >= 0.6 is 0 Å². The van der Waals surface area contributed by atoms with Crippen molar-refractivity contribution in [1.82, 2.24) is 0 Å². The number of aliphatic imine (C=N–C) groups is 1. The lowest BCUT2D eigenvalue weighted by Crippen LogP contribution is -2.39. The molecule has 3 heteroatoms. The second-order valence-electron chi connectivity index (χ2n) is 7.08. The Kier molecular flexibility index (Phi) is 4.95. The molecule has 0 saturated carbocycles. The molecule has 4 rings (SSSR count). The SMILES string of the molecule is C[C@@H](N=C1c2ccccc2C=CC1O)C(O)(c1ccccc1)c1ccccc1. The normalized spacial score (nSPS) is 18.7. The molecular formula is C25H23NO2. The van der Waals surface area contributed by atoms with E-state index in [9.17, 15) is 10.2 Å². The summed E-state index contributed by atoms with van der Waals surface area (Å²) in [6.07, 6.45) is 2.84. The minimum Gasteiger partial charge on any atom is -0.383 e. The van der Waals surface area contributed by atoms with Crippen LogP contribution in [-0.2, 0) is 5.60 Å². The third-order valence-corrected chi connectivity index (χ3v) is 5.34. The van der Waals surface area contributed by atoms with E-state index in [0.29, 0.717) is 5.71 Å². The third-order valence-electron chi connectivity index (χ3n) is 5.34. The van der Waals surface area contributed by atoms with E-state index in [-0.39, 0.29) is 0 Å². The van der Waals surface area contributed by atoms with Crippen LogP contribution in [0.15, 0.2) is 96.0 Å². The Morgan fingerprint density at radius 1 is 0.821 bits per heavy atom. The average molecular weight is 369 g/mol. The van der Waals surface area contributed by atoms with Gasteiger partial charge in [0.05, 0.1) is 11.8 Å². The highest BCUT2D eigenvalue weighted by Gasteiger charge is 2.38. The van der Waals surface area contributed by atoms with E-state index < -0.39 is 17.7 Å². The molecule has 1 aliphatic rings. The third kappa shape index (κ3) is 3.19. The van der Waals surface area contributed by atoms with E-state index in [4.69, 9.17) is 4.99 Å². The fourth-order valence-corrected chi connectivity index (χ4v) is 3.80. The van der Waals surface area contributed by atoms with Crippen LogP contribution in [0.4, 0.5) is 0 Å². The zero-order chi connectivity index (χ0) is 19.6. The maximum absolute atomic E-state index is 11.9. The minimum absolute atomic E-state index is 0.512. The van der Waals surface area contributed by atoms with Crippen molar-refractivity contribution in [3.63, 3.8) is 0 Å².